The van der Waals surface area contributed by atoms with E-state index in [0.29, 0.717) is 5.75 Å². The topological polar surface area (TPSA) is 34.1 Å². The number of nitrogens with zero attached hydrogens (tertiary/aromatic N) is 1. The van der Waals surface area contributed by atoms with Gasteiger partial charge < -0.3 is 10.1 Å². The SMILES string of the molecule is CNC(C)c1ccc(OCCCC(F)(F)F)cn1. The Bertz CT molecular complexity index is 351. The number of aromatic nitrogens is 1. The third kappa shape index (κ3) is 5.35. The molecule has 102 valence electrons. The average molecular weight is 262 g/mol. The maximum Gasteiger partial charge on any atom is 0.389 e. The van der Waals surface area contributed by atoms with E-state index in [1.54, 1.807) is 12.1 Å². The predicted octanol–water partition coefficient (Wildman–Crippen LogP) is 3.08. The van der Waals surface area contributed by atoms with Crippen LogP contribution in [0.15, 0.2) is 18.3 Å². The third-order valence-electron chi connectivity index (χ3n) is 2.51. The van der Waals surface area contributed by atoms with Crippen molar-refractivity contribution in [1.82, 2.24) is 10.3 Å². The summed E-state index contributed by atoms with van der Waals surface area (Å²) in [4.78, 5) is 4.17. The minimum absolute atomic E-state index is 0.0435. The van der Waals surface area contributed by atoms with Crippen molar-refractivity contribution in [3.63, 3.8) is 0 Å². The average Bonchev–Trinajstić information content (AvgIpc) is 2.33. The van der Waals surface area contributed by atoms with Crippen LogP contribution in [0.3, 0.4) is 0 Å². The molecule has 0 bridgehead atoms. The fraction of sp³-hybridized carbons (Fsp3) is 0.583. The van der Waals surface area contributed by atoms with E-state index in [4.69, 9.17) is 4.74 Å². The number of nitrogens with one attached hydrogen (secondary N) is 1. The van der Waals surface area contributed by atoms with Gasteiger partial charge in [0.05, 0.1) is 18.5 Å². The number of rotatable bonds is 6. The molecule has 0 saturated carbocycles. The largest absolute Gasteiger partial charge is 0.492 e. The molecule has 0 aromatic carbocycles. The van der Waals surface area contributed by atoms with Gasteiger partial charge in [0.2, 0.25) is 0 Å². The number of pyridine rings is 1. The molecule has 1 heterocycles. The van der Waals surface area contributed by atoms with Crippen molar-refractivity contribution >= 4 is 0 Å². The normalized spacial score (nSPS) is 13.4. The van der Waals surface area contributed by atoms with Gasteiger partial charge >= 0.3 is 6.18 Å². The predicted molar refractivity (Wildman–Crippen MR) is 62.5 cm³/mol. The number of ether oxygens (including phenoxy) is 1. The molecule has 1 aromatic heterocycles. The second-order valence-electron chi connectivity index (χ2n) is 4.00. The van der Waals surface area contributed by atoms with Crippen LogP contribution in [0.2, 0.25) is 0 Å². The molecule has 0 saturated heterocycles. The van der Waals surface area contributed by atoms with Crippen LogP contribution in [0.1, 0.15) is 31.5 Å². The van der Waals surface area contributed by atoms with Crippen LogP contribution in [0.5, 0.6) is 5.75 Å². The number of hydrogen-bond donors (Lipinski definition) is 1. The molecular formula is C12H17F3N2O. The summed E-state index contributed by atoms with van der Waals surface area (Å²) in [5, 5.41) is 3.04. The highest BCUT2D eigenvalue weighted by atomic mass is 19.4. The zero-order chi connectivity index (χ0) is 13.6. The molecule has 0 aliphatic rings. The standard InChI is InChI=1S/C12H17F3N2O/c1-9(16-2)11-5-4-10(8-17-11)18-7-3-6-12(13,14)15/h4-5,8-9,16H,3,6-7H2,1-2H3. The van der Waals surface area contributed by atoms with Crippen LogP contribution < -0.4 is 10.1 Å². The van der Waals surface area contributed by atoms with Gasteiger partial charge in [-0.1, -0.05) is 0 Å². The van der Waals surface area contributed by atoms with Crippen molar-refractivity contribution in [1.29, 1.82) is 0 Å². The second kappa shape index (κ2) is 6.58. The lowest BCUT2D eigenvalue weighted by Gasteiger charge is -2.11. The zero-order valence-electron chi connectivity index (χ0n) is 10.4. The molecule has 0 amide bonds. The van der Waals surface area contributed by atoms with Crippen molar-refractivity contribution in [2.75, 3.05) is 13.7 Å². The first-order valence-electron chi connectivity index (χ1n) is 5.75. The summed E-state index contributed by atoms with van der Waals surface area (Å²) < 4.78 is 40.8. The summed E-state index contributed by atoms with van der Waals surface area (Å²) in [5.41, 5.74) is 0.861. The minimum atomic E-state index is -4.12. The van der Waals surface area contributed by atoms with Crippen LogP contribution in [-0.2, 0) is 0 Å². The molecule has 1 atom stereocenters. The van der Waals surface area contributed by atoms with Crippen LogP contribution in [0.4, 0.5) is 13.2 Å². The van der Waals surface area contributed by atoms with Gasteiger partial charge in [0.1, 0.15) is 5.75 Å². The Labute approximate surface area is 104 Å². The van der Waals surface area contributed by atoms with Gasteiger partial charge in [0, 0.05) is 12.5 Å². The Balaban J connectivity index is 2.35. The smallest absolute Gasteiger partial charge is 0.389 e. The van der Waals surface area contributed by atoms with Crippen molar-refractivity contribution in [2.45, 2.75) is 32.0 Å². The second-order valence-corrected chi connectivity index (χ2v) is 4.00. The first-order valence-corrected chi connectivity index (χ1v) is 5.75. The lowest BCUT2D eigenvalue weighted by Crippen LogP contribution is -2.13. The van der Waals surface area contributed by atoms with Crippen LogP contribution >= 0.6 is 0 Å². The maximum absolute atomic E-state index is 11.9. The van der Waals surface area contributed by atoms with Crippen LogP contribution in [0, 0.1) is 0 Å². The summed E-state index contributed by atoms with van der Waals surface area (Å²) in [5.74, 6) is 0.490. The van der Waals surface area contributed by atoms with E-state index in [1.165, 1.54) is 6.20 Å². The van der Waals surface area contributed by atoms with E-state index < -0.39 is 12.6 Å². The van der Waals surface area contributed by atoms with Gasteiger partial charge in [0.25, 0.3) is 0 Å². The molecule has 1 unspecified atom stereocenters. The molecule has 0 fully saturated rings. The molecule has 0 spiro atoms. The molecule has 1 aromatic rings. The molecule has 3 nitrogen and oxygen atoms in total. The quantitative estimate of drug-likeness (QED) is 0.800. The molecule has 1 N–H and O–H groups in total. The third-order valence-corrected chi connectivity index (χ3v) is 2.51. The Hall–Kier alpha value is -1.30. The summed E-state index contributed by atoms with van der Waals surface area (Å²) >= 11 is 0. The molecule has 0 aliphatic heterocycles. The van der Waals surface area contributed by atoms with Gasteiger partial charge in [-0.05, 0) is 32.5 Å². The monoisotopic (exact) mass is 262 g/mol. The first-order chi connectivity index (χ1) is 8.42. The van der Waals surface area contributed by atoms with E-state index in [0.717, 1.165) is 5.69 Å². The van der Waals surface area contributed by atoms with Gasteiger partial charge in [0.15, 0.2) is 0 Å². The Morgan fingerprint density at radius 2 is 2.11 bits per heavy atom. The van der Waals surface area contributed by atoms with E-state index in [-0.39, 0.29) is 19.1 Å². The first kappa shape index (κ1) is 14.8. The molecule has 18 heavy (non-hydrogen) atoms. The van der Waals surface area contributed by atoms with Crippen molar-refractivity contribution in [3.8, 4) is 5.75 Å². The van der Waals surface area contributed by atoms with E-state index in [1.807, 2.05) is 14.0 Å². The summed E-state index contributed by atoms with van der Waals surface area (Å²) in [6.07, 6.45) is -3.46. The molecule has 1 rings (SSSR count). The molecule has 0 radical (unpaired) electrons. The van der Waals surface area contributed by atoms with Gasteiger partial charge in [-0.3, -0.25) is 4.98 Å². The number of halogens is 3. The minimum Gasteiger partial charge on any atom is -0.492 e. The lowest BCUT2D eigenvalue weighted by atomic mass is 10.2. The van der Waals surface area contributed by atoms with Gasteiger partial charge in [-0.25, -0.2) is 0 Å². The fourth-order valence-corrected chi connectivity index (χ4v) is 1.34. The van der Waals surface area contributed by atoms with E-state index >= 15 is 0 Å². The summed E-state index contributed by atoms with van der Waals surface area (Å²) in [6, 6.07) is 3.63. The highest BCUT2D eigenvalue weighted by Crippen LogP contribution is 2.21. The Morgan fingerprint density at radius 1 is 1.39 bits per heavy atom. The molecular weight excluding hydrogens is 245 g/mol. The fourth-order valence-electron chi connectivity index (χ4n) is 1.34. The van der Waals surface area contributed by atoms with Crippen LogP contribution in [0.25, 0.3) is 0 Å². The summed E-state index contributed by atoms with van der Waals surface area (Å²) in [6.45, 7) is 2.01. The van der Waals surface area contributed by atoms with E-state index in [2.05, 4.69) is 10.3 Å². The molecule has 6 heteroatoms. The van der Waals surface area contributed by atoms with Gasteiger partial charge in [-0.15, -0.1) is 0 Å². The van der Waals surface area contributed by atoms with E-state index in [9.17, 15) is 13.2 Å². The maximum atomic E-state index is 11.9. The van der Waals surface area contributed by atoms with Crippen LogP contribution in [-0.4, -0.2) is 24.8 Å². The number of hydrogen-bond acceptors (Lipinski definition) is 3. The van der Waals surface area contributed by atoms with Crippen molar-refractivity contribution < 1.29 is 17.9 Å². The Morgan fingerprint density at radius 3 is 2.61 bits per heavy atom. The highest BCUT2D eigenvalue weighted by Gasteiger charge is 2.26. The van der Waals surface area contributed by atoms with Gasteiger partial charge in [-0.2, -0.15) is 13.2 Å². The number of alkyl halides is 3. The summed E-state index contributed by atoms with van der Waals surface area (Å²) in [7, 11) is 1.83. The lowest BCUT2D eigenvalue weighted by molar-refractivity contribution is -0.136. The zero-order valence-corrected chi connectivity index (χ0v) is 10.4. The Kier molecular flexibility index (Phi) is 5.40. The molecule has 0 aliphatic carbocycles. The van der Waals surface area contributed by atoms with Crippen molar-refractivity contribution in [3.05, 3.63) is 24.0 Å². The highest BCUT2D eigenvalue weighted by molar-refractivity contribution is 5.21. The van der Waals surface area contributed by atoms with Crippen molar-refractivity contribution in [2.24, 2.45) is 0 Å².